The summed E-state index contributed by atoms with van der Waals surface area (Å²) in [6, 6.07) is 0.128. The van der Waals surface area contributed by atoms with Crippen molar-refractivity contribution in [2.75, 3.05) is 19.8 Å². The number of nitrogens with zero attached hydrogens (tertiary/aromatic N) is 2. The molecule has 1 unspecified atom stereocenters. The third-order valence-corrected chi connectivity index (χ3v) is 3.32. The van der Waals surface area contributed by atoms with Gasteiger partial charge in [-0.25, -0.2) is 4.98 Å². The molecule has 0 radical (unpaired) electrons. The van der Waals surface area contributed by atoms with Gasteiger partial charge in [0.15, 0.2) is 6.29 Å². The van der Waals surface area contributed by atoms with Gasteiger partial charge < -0.3 is 19.4 Å². The summed E-state index contributed by atoms with van der Waals surface area (Å²) in [6.07, 6.45) is 6.71. The van der Waals surface area contributed by atoms with Crippen LogP contribution in [0.3, 0.4) is 0 Å². The highest BCUT2D eigenvalue weighted by molar-refractivity contribution is 4.96. The summed E-state index contributed by atoms with van der Waals surface area (Å²) >= 11 is 0. The van der Waals surface area contributed by atoms with Gasteiger partial charge in [0.1, 0.15) is 5.82 Å². The molecular formula is C16H31N3O2. The molecule has 1 atom stereocenters. The molecule has 0 aliphatic carbocycles. The topological polar surface area (TPSA) is 48.3 Å². The molecule has 1 aromatic heterocycles. The highest BCUT2D eigenvalue weighted by Gasteiger charge is 2.23. The lowest BCUT2D eigenvalue weighted by Crippen LogP contribution is -2.45. The van der Waals surface area contributed by atoms with E-state index in [9.17, 15) is 0 Å². The zero-order chi connectivity index (χ0) is 15.5. The van der Waals surface area contributed by atoms with Gasteiger partial charge in [0.05, 0.1) is 6.04 Å². The molecule has 122 valence electrons. The van der Waals surface area contributed by atoms with Gasteiger partial charge in [-0.05, 0) is 33.2 Å². The third kappa shape index (κ3) is 6.16. The van der Waals surface area contributed by atoms with E-state index in [2.05, 4.69) is 28.7 Å². The SMILES string of the molecule is CCCNC(Cc1nccn1CCC)C(OCC)OCC. The molecule has 0 saturated carbocycles. The fraction of sp³-hybridized carbons (Fsp3) is 0.812. The molecule has 1 aromatic rings. The second kappa shape index (κ2) is 10.8. The predicted octanol–water partition coefficient (Wildman–Crippen LogP) is 2.60. The first kappa shape index (κ1) is 18.1. The van der Waals surface area contributed by atoms with E-state index in [0.717, 1.165) is 38.2 Å². The van der Waals surface area contributed by atoms with Gasteiger partial charge in [0.25, 0.3) is 0 Å². The molecule has 0 amide bonds. The Balaban J connectivity index is 2.77. The van der Waals surface area contributed by atoms with Crippen molar-refractivity contribution in [1.29, 1.82) is 0 Å². The molecular weight excluding hydrogens is 266 g/mol. The minimum absolute atomic E-state index is 0.128. The molecule has 1 N–H and O–H groups in total. The van der Waals surface area contributed by atoms with Crippen molar-refractivity contribution < 1.29 is 9.47 Å². The Morgan fingerprint density at radius 3 is 2.43 bits per heavy atom. The first-order valence-electron chi connectivity index (χ1n) is 8.23. The number of hydrogen-bond acceptors (Lipinski definition) is 4. The molecule has 1 heterocycles. The van der Waals surface area contributed by atoms with E-state index in [4.69, 9.17) is 9.47 Å². The van der Waals surface area contributed by atoms with E-state index < -0.39 is 0 Å². The largest absolute Gasteiger partial charge is 0.351 e. The van der Waals surface area contributed by atoms with Gasteiger partial charge in [0.2, 0.25) is 0 Å². The van der Waals surface area contributed by atoms with Gasteiger partial charge in [-0.1, -0.05) is 13.8 Å². The van der Waals surface area contributed by atoms with Crippen molar-refractivity contribution in [3.63, 3.8) is 0 Å². The summed E-state index contributed by atoms with van der Waals surface area (Å²) in [5, 5.41) is 3.54. The quantitative estimate of drug-likeness (QED) is 0.603. The molecule has 5 nitrogen and oxygen atoms in total. The minimum Gasteiger partial charge on any atom is -0.351 e. The van der Waals surface area contributed by atoms with Crippen LogP contribution in [0, 0.1) is 0 Å². The predicted molar refractivity (Wildman–Crippen MR) is 85.3 cm³/mol. The fourth-order valence-electron chi connectivity index (χ4n) is 2.37. The molecule has 0 aliphatic heterocycles. The Hall–Kier alpha value is -0.910. The van der Waals surface area contributed by atoms with Crippen molar-refractivity contribution in [2.45, 2.75) is 65.8 Å². The van der Waals surface area contributed by atoms with Crippen LogP contribution >= 0.6 is 0 Å². The van der Waals surface area contributed by atoms with E-state index in [-0.39, 0.29) is 12.3 Å². The van der Waals surface area contributed by atoms with Crippen LogP contribution in [0.1, 0.15) is 46.4 Å². The van der Waals surface area contributed by atoms with Gasteiger partial charge in [-0.3, -0.25) is 0 Å². The molecule has 0 bridgehead atoms. The van der Waals surface area contributed by atoms with Crippen molar-refractivity contribution in [3.05, 3.63) is 18.2 Å². The van der Waals surface area contributed by atoms with Crippen LogP contribution in [-0.4, -0.2) is 41.6 Å². The average molecular weight is 297 g/mol. The Bertz CT molecular complexity index is 362. The Morgan fingerprint density at radius 1 is 1.14 bits per heavy atom. The molecule has 5 heteroatoms. The molecule has 1 rings (SSSR count). The van der Waals surface area contributed by atoms with E-state index >= 15 is 0 Å². The van der Waals surface area contributed by atoms with Crippen molar-refractivity contribution in [1.82, 2.24) is 14.9 Å². The van der Waals surface area contributed by atoms with Crippen LogP contribution in [-0.2, 0) is 22.4 Å². The van der Waals surface area contributed by atoms with E-state index in [0.29, 0.717) is 13.2 Å². The smallest absolute Gasteiger partial charge is 0.173 e. The first-order valence-corrected chi connectivity index (χ1v) is 8.23. The lowest BCUT2D eigenvalue weighted by Gasteiger charge is -2.27. The molecule has 0 aromatic carbocycles. The molecule has 0 spiro atoms. The summed E-state index contributed by atoms with van der Waals surface area (Å²) in [7, 11) is 0. The second-order valence-electron chi connectivity index (χ2n) is 5.08. The van der Waals surface area contributed by atoms with E-state index in [1.807, 2.05) is 26.2 Å². The first-order chi connectivity index (χ1) is 10.3. The number of aromatic nitrogens is 2. The molecule has 0 aliphatic rings. The van der Waals surface area contributed by atoms with Crippen LogP contribution in [0.2, 0.25) is 0 Å². The van der Waals surface area contributed by atoms with Gasteiger partial charge in [-0.2, -0.15) is 0 Å². The number of nitrogens with one attached hydrogen (secondary N) is 1. The standard InChI is InChI=1S/C16H31N3O2/c1-5-9-17-14(16(20-7-3)21-8-4)13-15-18-10-12-19(15)11-6-2/h10,12,14,16-17H,5-9,11,13H2,1-4H3. The fourth-order valence-corrected chi connectivity index (χ4v) is 2.37. The highest BCUT2D eigenvalue weighted by atomic mass is 16.7. The normalized spacial score (nSPS) is 13.0. The van der Waals surface area contributed by atoms with E-state index in [1.165, 1.54) is 0 Å². The minimum atomic E-state index is -0.224. The summed E-state index contributed by atoms with van der Waals surface area (Å²) in [6.45, 7) is 11.6. The molecule has 21 heavy (non-hydrogen) atoms. The van der Waals surface area contributed by atoms with E-state index in [1.54, 1.807) is 0 Å². The van der Waals surface area contributed by atoms with Gasteiger partial charge in [-0.15, -0.1) is 0 Å². The third-order valence-electron chi connectivity index (χ3n) is 3.32. The van der Waals surface area contributed by atoms with Crippen LogP contribution in [0.4, 0.5) is 0 Å². The summed E-state index contributed by atoms with van der Waals surface area (Å²) in [5.74, 6) is 1.09. The number of imidazole rings is 1. The van der Waals surface area contributed by atoms with Crippen LogP contribution < -0.4 is 5.32 Å². The van der Waals surface area contributed by atoms with Crippen LogP contribution in [0.25, 0.3) is 0 Å². The maximum atomic E-state index is 5.77. The lowest BCUT2D eigenvalue weighted by molar-refractivity contribution is -0.154. The highest BCUT2D eigenvalue weighted by Crippen LogP contribution is 2.10. The number of hydrogen-bond donors (Lipinski definition) is 1. The Morgan fingerprint density at radius 2 is 1.86 bits per heavy atom. The average Bonchev–Trinajstić information content (AvgIpc) is 2.91. The summed E-state index contributed by atoms with van der Waals surface area (Å²) < 4.78 is 13.8. The lowest BCUT2D eigenvalue weighted by atomic mass is 10.1. The van der Waals surface area contributed by atoms with Crippen molar-refractivity contribution >= 4 is 0 Å². The number of rotatable bonds is 12. The number of ether oxygens (including phenoxy) is 2. The monoisotopic (exact) mass is 297 g/mol. The van der Waals surface area contributed by atoms with Gasteiger partial charge >= 0.3 is 0 Å². The van der Waals surface area contributed by atoms with Crippen molar-refractivity contribution in [3.8, 4) is 0 Å². The van der Waals surface area contributed by atoms with Gasteiger partial charge in [0, 0.05) is 38.6 Å². The Kier molecular flexibility index (Phi) is 9.30. The summed E-state index contributed by atoms with van der Waals surface area (Å²) in [4.78, 5) is 4.50. The zero-order valence-corrected chi connectivity index (χ0v) is 14.0. The maximum Gasteiger partial charge on any atom is 0.173 e. The number of aryl methyl sites for hydroxylation is 1. The Labute approximate surface area is 129 Å². The second-order valence-corrected chi connectivity index (χ2v) is 5.08. The van der Waals surface area contributed by atoms with Crippen molar-refractivity contribution in [2.24, 2.45) is 0 Å². The molecule has 0 fully saturated rings. The summed E-state index contributed by atoms with van der Waals surface area (Å²) in [5.41, 5.74) is 0. The molecule has 0 saturated heterocycles. The van der Waals surface area contributed by atoms with Crippen LogP contribution in [0.5, 0.6) is 0 Å². The van der Waals surface area contributed by atoms with Crippen LogP contribution in [0.15, 0.2) is 12.4 Å². The zero-order valence-electron chi connectivity index (χ0n) is 14.0. The maximum absolute atomic E-state index is 5.77.